The quantitative estimate of drug-likeness (QED) is 0.611. The van der Waals surface area contributed by atoms with Gasteiger partial charge in [0, 0.05) is 12.8 Å². The molecule has 1 heterocycles. The normalized spacial score (nSPS) is 50.6. The Morgan fingerprint density at radius 3 is 1.93 bits per heavy atom. The second kappa shape index (κ2) is 3.74. The van der Waals surface area contributed by atoms with Crippen LogP contribution in [0.2, 0.25) is 0 Å². The van der Waals surface area contributed by atoms with Gasteiger partial charge in [0.2, 0.25) is 0 Å². The number of fused-ring (bicyclic) bond motifs is 1. The molecule has 1 spiro atoms. The third-order valence-electron chi connectivity index (χ3n) is 4.41. The summed E-state index contributed by atoms with van der Waals surface area (Å²) in [4.78, 5) is 0. The van der Waals surface area contributed by atoms with Crippen LogP contribution in [0, 0.1) is 5.92 Å². The third-order valence-corrected chi connectivity index (χ3v) is 4.41. The lowest BCUT2D eigenvalue weighted by molar-refractivity contribution is -0.198. The van der Waals surface area contributed by atoms with Crippen LogP contribution in [0.3, 0.4) is 0 Å². The van der Waals surface area contributed by atoms with E-state index in [-0.39, 0.29) is 5.79 Å². The predicted octanol–water partition coefficient (Wildman–Crippen LogP) is 3.25. The lowest BCUT2D eigenvalue weighted by Crippen LogP contribution is -2.35. The lowest BCUT2D eigenvalue weighted by atomic mass is 9.86. The molecule has 0 unspecified atom stereocenters. The van der Waals surface area contributed by atoms with Crippen molar-refractivity contribution >= 4 is 0 Å². The molecule has 0 N–H and O–H groups in total. The average molecular weight is 210 g/mol. The molecule has 3 aliphatic rings. The van der Waals surface area contributed by atoms with E-state index in [1.807, 2.05) is 0 Å². The Morgan fingerprint density at radius 2 is 1.40 bits per heavy atom. The van der Waals surface area contributed by atoms with Crippen molar-refractivity contribution in [1.29, 1.82) is 0 Å². The van der Waals surface area contributed by atoms with Crippen molar-refractivity contribution in [3.8, 4) is 0 Å². The van der Waals surface area contributed by atoms with Gasteiger partial charge >= 0.3 is 0 Å². The van der Waals surface area contributed by atoms with E-state index in [1.165, 1.54) is 38.5 Å². The predicted molar refractivity (Wildman–Crippen MR) is 58.6 cm³/mol. The van der Waals surface area contributed by atoms with Gasteiger partial charge in [-0.15, -0.1) is 0 Å². The topological polar surface area (TPSA) is 18.5 Å². The number of ether oxygens (including phenoxy) is 2. The van der Waals surface area contributed by atoms with E-state index >= 15 is 0 Å². The first-order valence-electron chi connectivity index (χ1n) is 6.63. The van der Waals surface area contributed by atoms with Gasteiger partial charge in [-0.3, -0.25) is 0 Å². The zero-order chi connectivity index (χ0) is 10.3. The molecular formula is C13H22O2. The van der Waals surface area contributed by atoms with Crippen molar-refractivity contribution in [2.45, 2.75) is 76.3 Å². The van der Waals surface area contributed by atoms with E-state index in [0.717, 1.165) is 18.8 Å². The van der Waals surface area contributed by atoms with Gasteiger partial charge in [-0.2, -0.15) is 0 Å². The van der Waals surface area contributed by atoms with Crippen molar-refractivity contribution in [3.05, 3.63) is 0 Å². The molecule has 0 bridgehead atoms. The highest BCUT2D eigenvalue weighted by molar-refractivity contribution is 4.90. The van der Waals surface area contributed by atoms with Crippen LogP contribution in [-0.4, -0.2) is 18.0 Å². The number of hydrogen-bond donors (Lipinski definition) is 0. The Bertz CT molecular complexity index is 215. The van der Waals surface area contributed by atoms with Crippen molar-refractivity contribution in [1.82, 2.24) is 0 Å². The Morgan fingerprint density at radius 1 is 0.867 bits per heavy atom. The van der Waals surface area contributed by atoms with Crippen molar-refractivity contribution < 1.29 is 9.47 Å². The number of rotatable bonds is 0. The summed E-state index contributed by atoms with van der Waals surface area (Å²) >= 11 is 0. The molecule has 86 valence electrons. The van der Waals surface area contributed by atoms with E-state index in [0.29, 0.717) is 12.2 Å². The minimum absolute atomic E-state index is 0.161. The summed E-state index contributed by atoms with van der Waals surface area (Å²) in [5.41, 5.74) is 0. The fraction of sp³-hybridized carbons (Fsp3) is 1.00. The zero-order valence-corrected chi connectivity index (χ0v) is 9.71. The van der Waals surface area contributed by atoms with Gasteiger partial charge in [-0.1, -0.05) is 19.8 Å². The molecule has 1 aliphatic heterocycles. The minimum atomic E-state index is -0.161. The molecule has 0 aromatic carbocycles. The van der Waals surface area contributed by atoms with Gasteiger partial charge < -0.3 is 9.47 Å². The molecule has 3 fully saturated rings. The van der Waals surface area contributed by atoms with Gasteiger partial charge in [-0.05, 0) is 31.6 Å². The zero-order valence-electron chi connectivity index (χ0n) is 9.71. The van der Waals surface area contributed by atoms with E-state index in [2.05, 4.69) is 6.92 Å². The molecular weight excluding hydrogens is 188 g/mol. The first-order valence-corrected chi connectivity index (χ1v) is 6.63. The van der Waals surface area contributed by atoms with Crippen molar-refractivity contribution in [2.24, 2.45) is 5.92 Å². The van der Waals surface area contributed by atoms with Gasteiger partial charge in [-0.25, -0.2) is 0 Å². The van der Waals surface area contributed by atoms with E-state index < -0.39 is 0 Å². The molecule has 2 atom stereocenters. The van der Waals surface area contributed by atoms with Crippen LogP contribution >= 0.6 is 0 Å². The smallest absolute Gasteiger partial charge is 0.169 e. The van der Waals surface area contributed by atoms with Crippen LogP contribution in [0.4, 0.5) is 0 Å². The maximum atomic E-state index is 6.22. The molecule has 3 rings (SSSR count). The van der Waals surface area contributed by atoms with Crippen molar-refractivity contribution in [3.63, 3.8) is 0 Å². The van der Waals surface area contributed by atoms with Crippen LogP contribution < -0.4 is 0 Å². The Labute approximate surface area is 92.3 Å². The number of hydrogen-bond acceptors (Lipinski definition) is 2. The van der Waals surface area contributed by atoms with Crippen molar-refractivity contribution in [2.75, 3.05) is 0 Å². The summed E-state index contributed by atoms with van der Waals surface area (Å²) in [5.74, 6) is 0.706. The van der Waals surface area contributed by atoms with Gasteiger partial charge in [0.15, 0.2) is 5.79 Å². The summed E-state index contributed by atoms with van der Waals surface area (Å²) in [6.45, 7) is 2.34. The molecule has 1 saturated heterocycles. The van der Waals surface area contributed by atoms with Gasteiger partial charge in [0.05, 0.1) is 12.2 Å². The average Bonchev–Trinajstić information content (AvgIpc) is 2.61. The SMILES string of the molecule is CC1CCC2(CC1)O[C@H]1CCCC[C@H]1O2. The van der Waals surface area contributed by atoms with Gasteiger partial charge in [0.1, 0.15) is 0 Å². The maximum Gasteiger partial charge on any atom is 0.169 e. The monoisotopic (exact) mass is 210 g/mol. The van der Waals surface area contributed by atoms with Crippen LogP contribution in [0.1, 0.15) is 58.3 Å². The molecule has 15 heavy (non-hydrogen) atoms. The molecule has 2 saturated carbocycles. The first-order chi connectivity index (χ1) is 7.27. The molecule has 2 heteroatoms. The standard InChI is InChI=1S/C13H22O2/c1-10-6-8-13(9-7-10)14-11-4-2-3-5-12(11)15-13/h10-12H,2-9H2,1H3/t10?,11-,12+,13?. The van der Waals surface area contributed by atoms with E-state index in [9.17, 15) is 0 Å². The molecule has 0 aromatic rings. The van der Waals surface area contributed by atoms with Crippen LogP contribution in [0.25, 0.3) is 0 Å². The summed E-state index contributed by atoms with van der Waals surface area (Å²) in [6, 6.07) is 0. The third kappa shape index (κ3) is 1.83. The van der Waals surface area contributed by atoms with Crippen LogP contribution in [-0.2, 0) is 9.47 Å². The van der Waals surface area contributed by atoms with E-state index in [1.54, 1.807) is 0 Å². The van der Waals surface area contributed by atoms with Gasteiger partial charge in [0.25, 0.3) is 0 Å². The Hall–Kier alpha value is -0.0800. The Balaban J connectivity index is 1.68. The second-order valence-electron chi connectivity index (χ2n) is 5.69. The molecule has 0 aromatic heterocycles. The summed E-state index contributed by atoms with van der Waals surface area (Å²) < 4.78 is 12.4. The molecule has 0 radical (unpaired) electrons. The van der Waals surface area contributed by atoms with E-state index in [4.69, 9.17) is 9.47 Å². The Kier molecular flexibility index (Phi) is 2.52. The first kappa shape index (κ1) is 10.1. The summed E-state index contributed by atoms with van der Waals surface area (Å²) in [6.07, 6.45) is 10.8. The minimum Gasteiger partial charge on any atom is -0.344 e. The highest BCUT2D eigenvalue weighted by Crippen LogP contribution is 2.45. The second-order valence-corrected chi connectivity index (χ2v) is 5.69. The van der Waals surface area contributed by atoms with Crippen LogP contribution in [0.5, 0.6) is 0 Å². The molecule has 2 nitrogen and oxygen atoms in total. The molecule has 0 amide bonds. The fourth-order valence-electron chi connectivity index (χ4n) is 3.35. The summed E-state index contributed by atoms with van der Waals surface area (Å²) in [7, 11) is 0. The van der Waals surface area contributed by atoms with Crippen LogP contribution in [0.15, 0.2) is 0 Å². The lowest BCUT2D eigenvalue weighted by Gasteiger charge is -2.34. The molecule has 2 aliphatic carbocycles. The maximum absolute atomic E-state index is 6.22. The largest absolute Gasteiger partial charge is 0.344 e. The fourth-order valence-corrected chi connectivity index (χ4v) is 3.35. The highest BCUT2D eigenvalue weighted by atomic mass is 16.8. The summed E-state index contributed by atoms with van der Waals surface area (Å²) in [5, 5.41) is 0. The highest BCUT2D eigenvalue weighted by Gasteiger charge is 2.48.